The topological polar surface area (TPSA) is 41.1 Å². The smallest absolute Gasteiger partial charge is 0.375 e. The molecule has 2 aromatic carbocycles. The number of hydrogen-bond donors (Lipinski definition) is 2. The molecule has 0 aromatic heterocycles. The quantitative estimate of drug-likeness (QED) is 0.773. The highest BCUT2D eigenvalue weighted by molar-refractivity contribution is 6.33. The van der Waals surface area contributed by atoms with E-state index >= 15 is 0 Å². The molecule has 0 aliphatic heterocycles. The van der Waals surface area contributed by atoms with Crippen LogP contribution in [0.4, 0.5) is 33.3 Å². The van der Waals surface area contributed by atoms with Gasteiger partial charge in [0, 0.05) is 0 Å². The number of rotatable bonds is 4. The van der Waals surface area contributed by atoms with Gasteiger partial charge in [-0.3, -0.25) is 4.79 Å². The first kappa shape index (κ1) is 18.0. The maximum atomic E-state index is 13.4. The SMILES string of the molecule is O=C(CNc1cc(C(F)(F)F)ccc1Cl)Nc1c(F)cccc1F. The fraction of sp³-hybridized carbons (Fsp3) is 0.133. The van der Waals surface area contributed by atoms with E-state index < -0.39 is 41.5 Å². The third-order valence-electron chi connectivity index (χ3n) is 2.96. The van der Waals surface area contributed by atoms with Crippen LogP contribution in [0.3, 0.4) is 0 Å². The Morgan fingerprint density at radius 3 is 2.29 bits per heavy atom. The molecule has 128 valence electrons. The van der Waals surface area contributed by atoms with E-state index in [0.717, 1.165) is 36.4 Å². The van der Waals surface area contributed by atoms with Gasteiger partial charge in [0.1, 0.15) is 17.3 Å². The minimum atomic E-state index is -4.57. The molecule has 2 rings (SSSR count). The lowest BCUT2D eigenvalue weighted by Gasteiger charge is -2.13. The molecule has 0 heterocycles. The van der Waals surface area contributed by atoms with E-state index in [1.54, 1.807) is 0 Å². The standard InChI is InChI=1S/C15H10ClF5N2O/c16-9-5-4-8(15(19,20)21)6-12(9)22-7-13(24)23-14-10(17)2-1-3-11(14)18/h1-6,22H,7H2,(H,23,24). The van der Waals surface area contributed by atoms with Gasteiger partial charge in [0.05, 0.1) is 22.8 Å². The Balaban J connectivity index is 2.07. The normalized spacial score (nSPS) is 11.2. The van der Waals surface area contributed by atoms with Crippen LogP contribution in [-0.4, -0.2) is 12.5 Å². The number of carbonyl (C=O) groups is 1. The van der Waals surface area contributed by atoms with Crippen molar-refractivity contribution in [1.82, 2.24) is 0 Å². The van der Waals surface area contributed by atoms with E-state index in [1.807, 2.05) is 5.32 Å². The van der Waals surface area contributed by atoms with Crippen molar-refractivity contribution in [3.63, 3.8) is 0 Å². The third-order valence-corrected chi connectivity index (χ3v) is 3.29. The molecule has 0 aliphatic rings. The Morgan fingerprint density at radius 2 is 1.71 bits per heavy atom. The lowest BCUT2D eigenvalue weighted by Crippen LogP contribution is -2.23. The molecule has 0 bridgehead atoms. The second-order valence-corrected chi connectivity index (χ2v) is 5.10. The Kier molecular flexibility index (Phi) is 5.28. The van der Waals surface area contributed by atoms with Gasteiger partial charge in [0.25, 0.3) is 0 Å². The average Bonchev–Trinajstić information content (AvgIpc) is 2.49. The minimum absolute atomic E-state index is 0.0344. The molecule has 0 radical (unpaired) electrons. The zero-order valence-electron chi connectivity index (χ0n) is 11.8. The van der Waals surface area contributed by atoms with E-state index in [1.165, 1.54) is 0 Å². The molecule has 0 fully saturated rings. The van der Waals surface area contributed by atoms with Gasteiger partial charge in [0.2, 0.25) is 5.91 Å². The van der Waals surface area contributed by atoms with Crippen LogP contribution < -0.4 is 10.6 Å². The number of amides is 1. The lowest BCUT2D eigenvalue weighted by molar-refractivity contribution is -0.137. The zero-order valence-corrected chi connectivity index (χ0v) is 12.6. The predicted octanol–water partition coefficient (Wildman–Crippen LogP) is 4.69. The summed E-state index contributed by atoms with van der Waals surface area (Å²) in [5.41, 5.74) is -1.72. The van der Waals surface area contributed by atoms with Gasteiger partial charge in [-0.15, -0.1) is 0 Å². The average molecular weight is 365 g/mol. The summed E-state index contributed by atoms with van der Waals surface area (Å²) in [6, 6.07) is 5.59. The largest absolute Gasteiger partial charge is 0.416 e. The third kappa shape index (κ3) is 4.35. The lowest BCUT2D eigenvalue weighted by atomic mass is 10.2. The Labute approximate surface area is 138 Å². The molecule has 24 heavy (non-hydrogen) atoms. The molecule has 9 heteroatoms. The summed E-state index contributed by atoms with van der Waals surface area (Å²) in [5.74, 6) is -2.80. The van der Waals surface area contributed by atoms with Gasteiger partial charge in [-0.25, -0.2) is 8.78 Å². The van der Waals surface area contributed by atoms with Crippen molar-refractivity contribution in [1.29, 1.82) is 0 Å². The van der Waals surface area contributed by atoms with Crippen LogP contribution in [0.2, 0.25) is 5.02 Å². The molecule has 0 saturated heterocycles. The van der Waals surface area contributed by atoms with Gasteiger partial charge in [-0.05, 0) is 30.3 Å². The molecule has 2 aromatic rings. The summed E-state index contributed by atoms with van der Waals surface area (Å²) in [4.78, 5) is 11.7. The summed E-state index contributed by atoms with van der Waals surface area (Å²) in [6.07, 6.45) is -4.57. The molecular weight excluding hydrogens is 355 g/mol. The summed E-state index contributed by atoms with van der Waals surface area (Å²) in [6.45, 7) is -0.533. The number of carbonyl (C=O) groups excluding carboxylic acids is 1. The van der Waals surface area contributed by atoms with E-state index in [-0.39, 0.29) is 10.7 Å². The van der Waals surface area contributed by atoms with Crippen molar-refractivity contribution in [2.45, 2.75) is 6.18 Å². The number of para-hydroxylation sites is 1. The first-order valence-electron chi connectivity index (χ1n) is 6.53. The van der Waals surface area contributed by atoms with Crippen LogP contribution in [0.5, 0.6) is 0 Å². The molecule has 3 nitrogen and oxygen atoms in total. The fourth-order valence-electron chi connectivity index (χ4n) is 1.81. The molecule has 0 aliphatic carbocycles. The molecule has 0 atom stereocenters. The number of alkyl halides is 3. The summed E-state index contributed by atoms with van der Waals surface area (Å²) >= 11 is 5.76. The highest BCUT2D eigenvalue weighted by Crippen LogP contribution is 2.33. The van der Waals surface area contributed by atoms with Gasteiger partial charge >= 0.3 is 6.18 Å². The van der Waals surface area contributed by atoms with Crippen LogP contribution in [0.1, 0.15) is 5.56 Å². The minimum Gasteiger partial charge on any atom is -0.375 e. The van der Waals surface area contributed by atoms with Crippen LogP contribution in [-0.2, 0) is 11.0 Å². The zero-order chi connectivity index (χ0) is 17.9. The van der Waals surface area contributed by atoms with E-state index in [4.69, 9.17) is 11.6 Å². The van der Waals surface area contributed by atoms with Crippen LogP contribution in [0.15, 0.2) is 36.4 Å². The summed E-state index contributed by atoms with van der Waals surface area (Å²) in [5, 5.41) is 4.36. The van der Waals surface area contributed by atoms with Crippen LogP contribution in [0.25, 0.3) is 0 Å². The van der Waals surface area contributed by atoms with E-state index in [0.29, 0.717) is 0 Å². The molecule has 1 amide bonds. The van der Waals surface area contributed by atoms with Crippen molar-refractivity contribution in [2.75, 3.05) is 17.2 Å². The molecule has 0 unspecified atom stereocenters. The molecule has 2 N–H and O–H groups in total. The Hall–Kier alpha value is -2.35. The number of nitrogens with one attached hydrogen (secondary N) is 2. The van der Waals surface area contributed by atoms with Crippen molar-refractivity contribution in [3.8, 4) is 0 Å². The number of anilines is 2. The van der Waals surface area contributed by atoms with Crippen molar-refractivity contribution in [3.05, 3.63) is 58.6 Å². The summed E-state index contributed by atoms with van der Waals surface area (Å²) < 4.78 is 64.7. The maximum absolute atomic E-state index is 13.4. The van der Waals surface area contributed by atoms with Crippen LogP contribution >= 0.6 is 11.6 Å². The van der Waals surface area contributed by atoms with E-state index in [9.17, 15) is 26.7 Å². The molecular formula is C15H10ClF5N2O. The second-order valence-electron chi connectivity index (χ2n) is 4.69. The second kappa shape index (κ2) is 7.04. The summed E-state index contributed by atoms with van der Waals surface area (Å²) in [7, 11) is 0. The highest BCUT2D eigenvalue weighted by Gasteiger charge is 2.31. The Bertz CT molecular complexity index is 744. The number of halogens is 6. The number of hydrogen-bond acceptors (Lipinski definition) is 2. The van der Waals surface area contributed by atoms with Crippen molar-refractivity contribution < 1.29 is 26.7 Å². The molecule has 0 saturated carbocycles. The van der Waals surface area contributed by atoms with Crippen molar-refractivity contribution >= 4 is 28.9 Å². The van der Waals surface area contributed by atoms with Gasteiger partial charge in [-0.2, -0.15) is 13.2 Å². The predicted molar refractivity (Wildman–Crippen MR) is 79.9 cm³/mol. The monoisotopic (exact) mass is 364 g/mol. The van der Waals surface area contributed by atoms with Gasteiger partial charge in [-0.1, -0.05) is 17.7 Å². The van der Waals surface area contributed by atoms with Gasteiger partial charge in [0.15, 0.2) is 0 Å². The first-order valence-corrected chi connectivity index (χ1v) is 6.91. The van der Waals surface area contributed by atoms with Gasteiger partial charge < -0.3 is 10.6 Å². The fourth-order valence-corrected chi connectivity index (χ4v) is 2.00. The van der Waals surface area contributed by atoms with E-state index in [2.05, 4.69) is 5.32 Å². The first-order chi connectivity index (χ1) is 11.2. The van der Waals surface area contributed by atoms with Crippen LogP contribution in [0, 0.1) is 11.6 Å². The maximum Gasteiger partial charge on any atom is 0.416 e. The van der Waals surface area contributed by atoms with Crippen molar-refractivity contribution in [2.24, 2.45) is 0 Å². The molecule has 0 spiro atoms. The number of benzene rings is 2. The Morgan fingerprint density at radius 1 is 1.08 bits per heavy atom. The highest BCUT2D eigenvalue weighted by atomic mass is 35.5.